The van der Waals surface area contributed by atoms with Gasteiger partial charge in [0.2, 0.25) is 5.91 Å². The summed E-state index contributed by atoms with van der Waals surface area (Å²) in [6.07, 6.45) is 3.91. The fourth-order valence-corrected chi connectivity index (χ4v) is 2.13. The van der Waals surface area contributed by atoms with Gasteiger partial charge in [0, 0.05) is 28.3 Å². The van der Waals surface area contributed by atoms with Crippen molar-refractivity contribution >= 4 is 34.1 Å². The topological polar surface area (TPSA) is 54.0 Å². The van der Waals surface area contributed by atoms with Crippen LogP contribution in [-0.2, 0) is 4.79 Å². The smallest absolute Gasteiger partial charge is 0.239 e. The Bertz CT molecular complexity index is 625. The molecule has 0 saturated heterocycles. The van der Waals surface area contributed by atoms with Crippen LogP contribution < -0.4 is 10.6 Å². The third-order valence-electron chi connectivity index (χ3n) is 3.09. The monoisotopic (exact) mass is 275 g/mol. The molecule has 0 unspecified atom stereocenters. The van der Waals surface area contributed by atoms with Crippen molar-refractivity contribution in [1.82, 2.24) is 10.3 Å². The van der Waals surface area contributed by atoms with Crippen LogP contribution in [0.4, 0.5) is 5.69 Å². The molecule has 0 radical (unpaired) electrons. The highest BCUT2D eigenvalue weighted by molar-refractivity contribution is 6.31. The number of nitrogens with zero attached hydrogens (tertiary/aromatic N) is 1. The molecule has 1 amide bonds. The largest absolute Gasteiger partial charge is 0.376 e. The molecule has 2 aromatic rings. The van der Waals surface area contributed by atoms with E-state index in [0.717, 1.165) is 29.4 Å². The van der Waals surface area contributed by atoms with Gasteiger partial charge < -0.3 is 10.6 Å². The Balaban J connectivity index is 1.76. The Hall–Kier alpha value is -1.81. The number of carbonyl (C=O) groups excluding carboxylic acids is 1. The van der Waals surface area contributed by atoms with Gasteiger partial charge in [-0.1, -0.05) is 11.6 Å². The van der Waals surface area contributed by atoms with Gasteiger partial charge in [-0.05, 0) is 37.1 Å². The van der Waals surface area contributed by atoms with Crippen LogP contribution in [0.3, 0.4) is 0 Å². The number of hydrogen-bond donors (Lipinski definition) is 2. The lowest BCUT2D eigenvalue weighted by atomic mass is 10.2. The zero-order valence-corrected chi connectivity index (χ0v) is 11.1. The summed E-state index contributed by atoms with van der Waals surface area (Å²) in [5.41, 5.74) is 1.73. The maximum atomic E-state index is 11.7. The van der Waals surface area contributed by atoms with Crippen LogP contribution >= 0.6 is 11.6 Å². The second-order valence-electron chi connectivity index (χ2n) is 4.72. The minimum absolute atomic E-state index is 0.0227. The van der Waals surface area contributed by atoms with Crippen LogP contribution in [-0.4, -0.2) is 23.5 Å². The average molecular weight is 276 g/mol. The van der Waals surface area contributed by atoms with Crippen LogP contribution in [0, 0.1) is 0 Å². The van der Waals surface area contributed by atoms with Crippen molar-refractivity contribution < 1.29 is 4.79 Å². The van der Waals surface area contributed by atoms with E-state index in [1.165, 1.54) is 0 Å². The Morgan fingerprint density at radius 2 is 2.21 bits per heavy atom. The number of hydrogen-bond acceptors (Lipinski definition) is 3. The number of amides is 1. The molecule has 2 N–H and O–H groups in total. The van der Waals surface area contributed by atoms with Gasteiger partial charge in [-0.3, -0.25) is 9.78 Å². The van der Waals surface area contributed by atoms with Crippen LogP contribution in [0.25, 0.3) is 10.9 Å². The number of nitrogens with one attached hydrogen (secondary N) is 2. The van der Waals surface area contributed by atoms with Crippen molar-refractivity contribution in [2.45, 2.75) is 18.9 Å². The molecule has 0 atom stereocenters. The lowest BCUT2D eigenvalue weighted by molar-refractivity contribution is -0.119. The minimum Gasteiger partial charge on any atom is -0.376 e. The molecule has 1 aromatic carbocycles. The van der Waals surface area contributed by atoms with Crippen molar-refractivity contribution in [3.8, 4) is 0 Å². The molecule has 4 nitrogen and oxygen atoms in total. The van der Waals surface area contributed by atoms with Gasteiger partial charge in [0.1, 0.15) is 0 Å². The molecule has 0 aliphatic heterocycles. The molecule has 1 aliphatic carbocycles. The van der Waals surface area contributed by atoms with E-state index in [1.54, 1.807) is 12.3 Å². The van der Waals surface area contributed by atoms with Gasteiger partial charge in [-0.25, -0.2) is 0 Å². The summed E-state index contributed by atoms with van der Waals surface area (Å²) >= 11 is 6.00. The molecule has 0 bridgehead atoms. The van der Waals surface area contributed by atoms with E-state index in [-0.39, 0.29) is 12.5 Å². The van der Waals surface area contributed by atoms with Crippen LogP contribution in [0.2, 0.25) is 5.02 Å². The Morgan fingerprint density at radius 3 is 3.00 bits per heavy atom. The number of carbonyl (C=O) groups is 1. The lowest BCUT2D eigenvalue weighted by Gasteiger charge is -2.09. The van der Waals surface area contributed by atoms with E-state index >= 15 is 0 Å². The van der Waals surface area contributed by atoms with Crippen molar-refractivity contribution in [3.63, 3.8) is 0 Å². The number of pyridine rings is 1. The van der Waals surface area contributed by atoms with Crippen molar-refractivity contribution in [2.24, 2.45) is 0 Å². The van der Waals surface area contributed by atoms with E-state index in [4.69, 9.17) is 11.6 Å². The SMILES string of the molecule is O=C(CNc1ccnc2ccc(Cl)cc12)NC1CC1. The molecule has 1 aromatic heterocycles. The summed E-state index contributed by atoms with van der Waals surface area (Å²) in [6.45, 7) is 0.266. The number of aromatic nitrogens is 1. The molecule has 19 heavy (non-hydrogen) atoms. The van der Waals surface area contributed by atoms with Crippen LogP contribution in [0.1, 0.15) is 12.8 Å². The predicted octanol–water partition coefficient (Wildman–Crippen LogP) is 2.58. The zero-order chi connectivity index (χ0) is 13.2. The third-order valence-corrected chi connectivity index (χ3v) is 3.32. The number of benzene rings is 1. The first kappa shape index (κ1) is 12.2. The number of rotatable bonds is 4. The van der Waals surface area contributed by atoms with Crippen molar-refractivity contribution in [2.75, 3.05) is 11.9 Å². The van der Waals surface area contributed by atoms with E-state index in [9.17, 15) is 4.79 Å². The van der Waals surface area contributed by atoms with Crippen LogP contribution in [0.15, 0.2) is 30.5 Å². The molecular weight excluding hydrogens is 262 g/mol. The molecule has 98 valence electrons. The average Bonchev–Trinajstić information content (AvgIpc) is 3.20. The highest BCUT2D eigenvalue weighted by Crippen LogP contribution is 2.24. The number of halogens is 1. The van der Waals surface area contributed by atoms with Gasteiger partial charge in [0.25, 0.3) is 0 Å². The predicted molar refractivity (Wildman–Crippen MR) is 76.4 cm³/mol. The van der Waals surface area contributed by atoms with Gasteiger partial charge in [0.05, 0.1) is 12.1 Å². The number of fused-ring (bicyclic) bond motifs is 1. The molecule has 5 heteroatoms. The van der Waals surface area contributed by atoms with Crippen molar-refractivity contribution in [3.05, 3.63) is 35.5 Å². The summed E-state index contributed by atoms with van der Waals surface area (Å²) in [7, 11) is 0. The van der Waals surface area contributed by atoms with E-state index < -0.39 is 0 Å². The Labute approximate surface area is 116 Å². The summed E-state index contributed by atoms with van der Waals surface area (Å²) in [6, 6.07) is 7.76. The fraction of sp³-hybridized carbons (Fsp3) is 0.286. The van der Waals surface area contributed by atoms with E-state index in [0.29, 0.717) is 11.1 Å². The van der Waals surface area contributed by atoms with Gasteiger partial charge in [-0.15, -0.1) is 0 Å². The molecule has 3 rings (SSSR count). The molecule has 0 spiro atoms. The first-order chi connectivity index (χ1) is 9.22. The maximum absolute atomic E-state index is 11.7. The normalized spacial score (nSPS) is 14.4. The van der Waals surface area contributed by atoms with E-state index in [2.05, 4.69) is 15.6 Å². The Morgan fingerprint density at radius 1 is 1.37 bits per heavy atom. The van der Waals surface area contributed by atoms with Crippen LogP contribution in [0.5, 0.6) is 0 Å². The quantitative estimate of drug-likeness (QED) is 0.902. The zero-order valence-electron chi connectivity index (χ0n) is 10.3. The molecule has 1 saturated carbocycles. The molecule has 1 fully saturated rings. The van der Waals surface area contributed by atoms with Crippen molar-refractivity contribution in [1.29, 1.82) is 0 Å². The standard InChI is InChI=1S/C14H14ClN3O/c15-9-1-4-12-11(7-9)13(5-6-16-12)17-8-14(19)18-10-2-3-10/h1,4-7,10H,2-3,8H2,(H,16,17)(H,18,19). The second kappa shape index (κ2) is 5.05. The minimum atomic E-state index is 0.0227. The molecular formula is C14H14ClN3O. The summed E-state index contributed by atoms with van der Waals surface area (Å²) in [4.78, 5) is 15.9. The highest BCUT2D eigenvalue weighted by Gasteiger charge is 2.22. The first-order valence-corrected chi connectivity index (χ1v) is 6.68. The number of anilines is 1. The first-order valence-electron chi connectivity index (χ1n) is 6.30. The van der Waals surface area contributed by atoms with Gasteiger partial charge in [0.15, 0.2) is 0 Å². The summed E-state index contributed by atoms with van der Waals surface area (Å²) in [5, 5.41) is 7.66. The summed E-state index contributed by atoms with van der Waals surface area (Å²) < 4.78 is 0. The Kier molecular flexibility index (Phi) is 3.25. The molecule has 1 aliphatic rings. The molecule has 1 heterocycles. The lowest BCUT2D eigenvalue weighted by Crippen LogP contribution is -2.31. The fourth-order valence-electron chi connectivity index (χ4n) is 1.95. The van der Waals surface area contributed by atoms with Gasteiger partial charge in [-0.2, -0.15) is 0 Å². The maximum Gasteiger partial charge on any atom is 0.239 e. The highest BCUT2D eigenvalue weighted by atomic mass is 35.5. The van der Waals surface area contributed by atoms with E-state index in [1.807, 2.05) is 18.2 Å². The summed E-state index contributed by atoms with van der Waals surface area (Å²) in [5.74, 6) is 0.0227. The van der Waals surface area contributed by atoms with Gasteiger partial charge >= 0.3 is 0 Å². The second-order valence-corrected chi connectivity index (χ2v) is 5.15. The third kappa shape index (κ3) is 2.96.